The molecule has 0 aliphatic heterocycles. The molecule has 58 valence electrons. The molecule has 0 aliphatic carbocycles. The van der Waals surface area contributed by atoms with Gasteiger partial charge < -0.3 is 4.84 Å². The SMILES string of the molecule is CCC(C)(C)C[N]O[C]=O. The lowest BCUT2D eigenvalue weighted by atomic mass is 9.91. The Kier molecular flexibility index (Phi) is 4.03. The molecule has 0 aromatic rings. The molecule has 0 N–H and O–H groups in total. The highest BCUT2D eigenvalue weighted by atomic mass is 16.7. The second kappa shape index (κ2) is 4.28. The van der Waals surface area contributed by atoms with Crippen molar-refractivity contribution in [2.45, 2.75) is 27.2 Å². The number of hydroxylamine groups is 1. The molecule has 0 atom stereocenters. The average Bonchev–Trinajstić information content (AvgIpc) is 1.89. The van der Waals surface area contributed by atoms with Gasteiger partial charge in [0.25, 0.3) is 0 Å². The summed E-state index contributed by atoms with van der Waals surface area (Å²) in [4.78, 5) is 13.6. The Morgan fingerprint density at radius 3 is 2.60 bits per heavy atom. The van der Waals surface area contributed by atoms with Crippen molar-refractivity contribution >= 4 is 6.47 Å². The molecule has 0 saturated heterocycles. The van der Waals surface area contributed by atoms with Crippen molar-refractivity contribution in [3.05, 3.63) is 0 Å². The Bertz CT molecular complexity index is 102. The van der Waals surface area contributed by atoms with Gasteiger partial charge in [0.1, 0.15) is 0 Å². The molecule has 0 bridgehead atoms. The summed E-state index contributed by atoms with van der Waals surface area (Å²) in [7, 11) is 0. The number of rotatable bonds is 5. The summed E-state index contributed by atoms with van der Waals surface area (Å²) in [6.07, 6.45) is 1.01. The van der Waals surface area contributed by atoms with Gasteiger partial charge in [0.15, 0.2) is 0 Å². The minimum Gasteiger partial charge on any atom is -0.340 e. The fourth-order valence-corrected chi connectivity index (χ4v) is 0.345. The molecule has 0 aliphatic rings. The molecule has 0 aromatic carbocycles. The maximum absolute atomic E-state index is 9.54. The predicted octanol–water partition coefficient (Wildman–Crippen LogP) is 1.03. The van der Waals surface area contributed by atoms with E-state index in [1.165, 1.54) is 6.47 Å². The van der Waals surface area contributed by atoms with E-state index in [9.17, 15) is 4.79 Å². The van der Waals surface area contributed by atoms with Crippen molar-refractivity contribution in [1.29, 1.82) is 0 Å². The molecule has 3 nitrogen and oxygen atoms in total. The normalized spacial score (nSPS) is 11.1. The molecular formula is C7H13NO2. The van der Waals surface area contributed by atoms with E-state index < -0.39 is 0 Å². The van der Waals surface area contributed by atoms with Crippen LogP contribution in [-0.2, 0) is 9.63 Å². The minimum absolute atomic E-state index is 0.122. The van der Waals surface area contributed by atoms with Gasteiger partial charge in [-0.2, -0.15) is 0 Å². The molecule has 0 unspecified atom stereocenters. The Morgan fingerprint density at radius 1 is 1.60 bits per heavy atom. The zero-order chi connectivity index (χ0) is 8.04. The molecule has 0 amide bonds. The van der Waals surface area contributed by atoms with Gasteiger partial charge in [-0.15, -0.1) is 0 Å². The monoisotopic (exact) mass is 143 g/mol. The largest absolute Gasteiger partial charge is 0.439 e. The van der Waals surface area contributed by atoms with Gasteiger partial charge in [-0.25, -0.2) is 4.79 Å². The highest BCUT2D eigenvalue weighted by Crippen LogP contribution is 2.17. The number of carbonyl (C=O) groups excluding carboxylic acids is 1. The Morgan fingerprint density at radius 2 is 2.20 bits per heavy atom. The summed E-state index contributed by atoms with van der Waals surface area (Å²) in [6.45, 7) is 7.98. The molecular weight excluding hydrogens is 130 g/mol. The molecule has 2 radical (unpaired) electrons. The molecule has 0 aromatic heterocycles. The standard InChI is InChI=1S/C7H13NO2/c1-4-7(2,3)5-8-10-6-9/h4-5H2,1-3H3. The van der Waals surface area contributed by atoms with Crippen LogP contribution in [0.3, 0.4) is 0 Å². The highest BCUT2D eigenvalue weighted by Gasteiger charge is 2.15. The molecule has 0 rings (SSSR count). The van der Waals surface area contributed by atoms with Crippen LogP contribution in [0.1, 0.15) is 27.2 Å². The van der Waals surface area contributed by atoms with Crippen molar-refractivity contribution in [1.82, 2.24) is 5.48 Å². The van der Waals surface area contributed by atoms with Crippen LogP contribution in [0.15, 0.2) is 0 Å². The number of hydrogen-bond acceptors (Lipinski definition) is 2. The van der Waals surface area contributed by atoms with E-state index in [0.717, 1.165) is 6.42 Å². The summed E-state index contributed by atoms with van der Waals surface area (Å²) in [5, 5.41) is 0. The fourth-order valence-electron chi connectivity index (χ4n) is 0.345. The van der Waals surface area contributed by atoms with Gasteiger partial charge >= 0.3 is 6.47 Å². The fraction of sp³-hybridized carbons (Fsp3) is 0.857. The molecule has 0 heterocycles. The number of nitrogens with zero attached hydrogens (tertiary/aromatic N) is 1. The smallest absolute Gasteiger partial charge is 0.340 e. The minimum atomic E-state index is 0.122. The Hall–Kier alpha value is -0.570. The van der Waals surface area contributed by atoms with E-state index >= 15 is 0 Å². The van der Waals surface area contributed by atoms with Crippen molar-refractivity contribution in [3.63, 3.8) is 0 Å². The van der Waals surface area contributed by atoms with Crippen molar-refractivity contribution < 1.29 is 9.63 Å². The first kappa shape index (κ1) is 9.43. The summed E-state index contributed by atoms with van der Waals surface area (Å²) < 4.78 is 0. The Balaban J connectivity index is 3.36. The van der Waals surface area contributed by atoms with Gasteiger partial charge in [0.05, 0.1) is 6.54 Å². The summed E-state index contributed by atoms with van der Waals surface area (Å²) in [6, 6.07) is 0. The van der Waals surface area contributed by atoms with Gasteiger partial charge in [-0.3, -0.25) is 0 Å². The van der Waals surface area contributed by atoms with Crippen LogP contribution in [0.25, 0.3) is 0 Å². The van der Waals surface area contributed by atoms with Crippen LogP contribution < -0.4 is 5.48 Å². The third-order valence-corrected chi connectivity index (χ3v) is 1.55. The summed E-state index contributed by atoms with van der Waals surface area (Å²) in [5.41, 5.74) is 3.63. The Labute approximate surface area is 61.7 Å². The van der Waals surface area contributed by atoms with Crippen LogP contribution in [-0.4, -0.2) is 13.0 Å². The van der Waals surface area contributed by atoms with E-state index in [1.807, 2.05) is 0 Å². The van der Waals surface area contributed by atoms with Gasteiger partial charge in [0, 0.05) is 0 Å². The maximum Gasteiger partial charge on any atom is 0.439 e. The van der Waals surface area contributed by atoms with E-state index in [2.05, 4.69) is 31.1 Å². The zero-order valence-corrected chi connectivity index (χ0v) is 6.68. The van der Waals surface area contributed by atoms with E-state index in [4.69, 9.17) is 0 Å². The van der Waals surface area contributed by atoms with Gasteiger partial charge in [-0.05, 0) is 17.3 Å². The third-order valence-electron chi connectivity index (χ3n) is 1.55. The van der Waals surface area contributed by atoms with E-state index in [-0.39, 0.29) is 5.41 Å². The molecule has 10 heavy (non-hydrogen) atoms. The lowest BCUT2D eigenvalue weighted by Crippen LogP contribution is -2.23. The molecule has 0 fully saturated rings. The lowest BCUT2D eigenvalue weighted by molar-refractivity contribution is 0.119. The quantitative estimate of drug-likeness (QED) is 0.426. The third kappa shape index (κ3) is 4.32. The van der Waals surface area contributed by atoms with E-state index in [1.54, 1.807) is 0 Å². The highest BCUT2D eigenvalue weighted by molar-refractivity contribution is 5.37. The van der Waals surface area contributed by atoms with Crippen molar-refractivity contribution in [3.8, 4) is 0 Å². The first-order valence-corrected chi connectivity index (χ1v) is 3.32. The summed E-state index contributed by atoms with van der Waals surface area (Å²) >= 11 is 0. The van der Waals surface area contributed by atoms with Crippen LogP contribution in [0.2, 0.25) is 0 Å². The van der Waals surface area contributed by atoms with Crippen molar-refractivity contribution in [2.24, 2.45) is 5.41 Å². The van der Waals surface area contributed by atoms with Crippen LogP contribution >= 0.6 is 0 Å². The number of hydrogen-bond donors (Lipinski definition) is 0. The predicted molar refractivity (Wildman–Crippen MR) is 37.9 cm³/mol. The van der Waals surface area contributed by atoms with Crippen LogP contribution in [0.5, 0.6) is 0 Å². The van der Waals surface area contributed by atoms with Gasteiger partial charge in [-0.1, -0.05) is 20.8 Å². The first-order chi connectivity index (χ1) is 4.62. The van der Waals surface area contributed by atoms with Crippen LogP contribution in [0.4, 0.5) is 0 Å². The molecule has 0 saturated carbocycles. The first-order valence-electron chi connectivity index (χ1n) is 3.32. The van der Waals surface area contributed by atoms with Gasteiger partial charge in [0.2, 0.25) is 0 Å². The maximum atomic E-state index is 9.54. The van der Waals surface area contributed by atoms with Crippen LogP contribution in [0, 0.1) is 5.41 Å². The second-order valence-corrected chi connectivity index (χ2v) is 2.98. The second-order valence-electron chi connectivity index (χ2n) is 2.98. The molecule has 3 heteroatoms. The summed E-state index contributed by atoms with van der Waals surface area (Å²) in [5.74, 6) is 0. The average molecular weight is 143 g/mol. The van der Waals surface area contributed by atoms with E-state index in [0.29, 0.717) is 6.54 Å². The zero-order valence-electron chi connectivity index (χ0n) is 6.68. The lowest BCUT2D eigenvalue weighted by Gasteiger charge is -2.19. The van der Waals surface area contributed by atoms with Crippen molar-refractivity contribution in [2.75, 3.05) is 6.54 Å². The molecule has 0 spiro atoms. The topological polar surface area (TPSA) is 40.4 Å².